The van der Waals surface area contributed by atoms with Crippen LogP contribution in [0.4, 0.5) is 11.4 Å². The molecule has 7 atom stereocenters. The van der Waals surface area contributed by atoms with Crippen molar-refractivity contribution < 1.29 is 29.0 Å². The molecule has 4 aromatic carbocycles. The van der Waals surface area contributed by atoms with Crippen molar-refractivity contribution in [3.63, 3.8) is 0 Å². The van der Waals surface area contributed by atoms with Crippen molar-refractivity contribution in [3.8, 4) is 5.75 Å². The van der Waals surface area contributed by atoms with E-state index in [0.29, 0.717) is 36.6 Å². The van der Waals surface area contributed by atoms with Gasteiger partial charge in [-0.15, -0.1) is 13.2 Å². The van der Waals surface area contributed by atoms with E-state index in [4.69, 9.17) is 9.47 Å². The molecule has 3 saturated heterocycles. The van der Waals surface area contributed by atoms with Crippen molar-refractivity contribution in [1.29, 1.82) is 0 Å². The second-order valence-electron chi connectivity index (χ2n) is 14.9. The fraction of sp³-hybridized carbons (Fsp3) is 0.356. The topological polar surface area (TPSA) is 99.6 Å². The zero-order valence-electron chi connectivity index (χ0n) is 31.3. The van der Waals surface area contributed by atoms with E-state index in [1.807, 2.05) is 118 Å². The van der Waals surface area contributed by atoms with Crippen LogP contribution in [0.25, 0.3) is 10.8 Å². The summed E-state index contributed by atoms with van der Waals surface area (Å²) in [6, 6.07) is 28.8. The van der Waals surface area contributed by atoms with Crippen LogP contribution < -0.4 is 14.5 Å². The smallest absolute Gasteiger partial charge is 0.253 e. The molecule has 0 aromatic heterocycles. The minimum atomic E-state index is -1.33. The highest BCUT2D eigenvalue weighted by molar-refractivity contribution is 6.07. The van der Waals surface area contributed by atoms with E-state index in [1.165, 1.54) is 0 Å². The molecule has 0 saturated carbocycles. The Morgan fingerprint density at radius 3 is 2.20 bits per heavy atom. The largest absolute Gasteiger partial charge is 0.494 e. The number of ether oxygens (including phenoxy) is 2. The highest BCUT2D eigenvalue weighted by Crippen LogP contribution is 2.66. The summed E-state index contributed by atoms with van der Waals surface area (Å²) in [5.41, 5.74) is -0.179. The van der Waals surface area contributed by atoms with E-state index in [1.54, 1.807) is 26.9 Å². The van der Waals surface area contributed by atoms with Gasteiger partial charge in [0.15, 0.2) is 0 Å². The number of hydrogen-bond acceptors (Lipinski definition) is 6. The number of aliphatic hydroxyl groups excluding tert-OH is 1. The number of fused-ring (bicyclic) bond motifs is 2. The van der Waals surface area contributed by atoms with Crippen LogP contribution in [-0.2, 0) is 25.5 Å². The summed E-state index contributed by atoms with van der Waals surface area (Å²) < 4.78 is 12.8. The van der Waals surface area contributed by atoms with Gasteiger partial charge in [0.25, 0.3) is 5.91 Å². The SMILES string of the molecule is C=CCN(C(=O)C1N([C@@H](CO)Cc2ccccc2)C(=O)[C@@H]2[C@@H](C(=O)N(CC=C)c3ccc(OCC)cc3)[C@]3(C)OC12CC3C)c1ccc2ccccc2c1. The summed E-state index contributed by atoms with van der Waals surface area (Å²) in [6.45, 7) is 14.3. The van der Waals surface area contributed by atoms with E-state index >= 15 is 14.4 Å². The van der Waals surface area contributed by atoms with Crippen molar-refractivity contribution in [2.45, 2.75) is 56.9 Å². The molecule has 3 amide bonds. The molecule has 3 heterocycles. The third-order valence-electron chi connectivity index (χ3n) is 11.8. The number of anilines is 2. The Bertz CT molecular complexity index is 2050. The Hall–Kier alpha value is -5.25. The van der Waals surface area contributed by atoms with Crippen LogP contribution in [0.2, 0.25) is 0 Å². The quantitative estimate of drug-likeness (QED) is 0.147. The summed E-state index contributed by atoms with van der Waals surface area (Å²) in [6.07, 6.45) is 4.04. The maximum absolute atomic E-state index is 15.5. The normalized spacial score (nSPS) is 26.0. The van der Waals surface area contributed by atoms with E-state index in [0.717, 1.165) is 16.3 Å². The number of nitrogens with zero attached hydrogens (tertiary/aromatic N) is 3. The van der Waals surface area contributed by atoms with Crippen LogP contribution in [-0.4, -0.2) is 77.3 Å². The van der Waals surface area contributed by atoms with Crippen molar-refractivity contribution in [1.82, 2.24) is 4.90 Å². The van der Waals surface area contributed by atoms with E-state index in [2.05, 4.69) is 13.2 Å². The maximum atomic E-state index is 15.5. The molecule has 9 nitrogen and oxygen atoms in total. The molecule has 9 heteroatoms. The molecule has 54 heavy (non-hydrogen) atoms. The average Bonchev–Trinajstić information content (AvgIpc) is 3.71. The predicted molar refractivity (Wildman–Crippen MR) is 211 cm³/mol. The summed E-state index contributed by atoms with van der Waals surface area (Å²) >= 11 is 0. The lowest BCUT2D eigenvalue weighted by atomic mass is 9.62. The first-order valence-corrected chi connectivity index (χ1v) is 18.8. The first-order chi connectivity index (χ1) is 26.1. The lowest BCUT2D eigenvalue weighted by molar-refractivity contribution is -0.149. The van der Waals surface area contributed by atoms with E-state index in [9.17, 15) is 5.11 Å². The molecule has 3 aliphatic heterocycles. The summed E-state index contributed by atoms with van der Waals surface area (Å²) in [5, 5.41) is 13.0. The zero-order chi connectivity index (χ0) is 38.2. The lowest BCUT2D eigenvalue weighted by Crippen LogP contribution is -2.59. The van der Waals surface area contributed by atoms with Crippen LogP contribution in [0.3, 0.4) is 0 Å². The van der Waals surface area contributed by atoms with Crippen molar-refractivity contribution in [2.24, 2.45) is 17.8 Å². The van der Waals surface area contributed by atoms with Crippen LogP contribution in [0.1, 0.15) is 32.8 Å². The zero-order valence-corrected chi connectivity index (χ0v) is 31.3. The second-order valence-corrected chi connectivity index (χ2v) is 14.9. The Morgan fingerprint density at radius 2 is 1.56 bits per heavy atom. The van der Waals surface area contributed by atoms with Crippen LogP contribution in [0.15, 0.2) is 122 Å². The van der Waals surface area contributed by atoms with Gasteiger partial charge in [-0.1, -0.05) is 79.7 Å². The van der Waals surface area contributed by atoms with Gasteiger partial charge < -0.3 is 29.3 Å². The van der Waals surface area contributed by atoms with Gasteiger partial charge in [0.2, 0.25) is 11.8 Å². The second kappa shape index (κ2) is 14.9. The molecule has 3 unspecified atom stereocenters. The summed E-state index contributed by atoms with van der Waals surface area (Å²) in [4.78, 5) is 50.7. The van der Waals surface area contributed by atoms with Gasteiger partial charge in [-0.05, 0) is 85.3 Å². The van der Waals surface area contributed by atoms with Gasteiger partial charge in [0.05, 0.1) is 36.7 Å². The van der Waals surface area contributed by atoms with Crippen molar-refractivity contribution >= 4 is 39.9 Å². The molecule has 1 spiro atoms. The van der Waals surface area contributed by atoms with Crippen molar-refractivity contribution in [2.75, 3.05) is 36.1 Å². The number of benzene rings is 4. The molecular formula is C45H49N3O6. The molecule has 4 aromatic rings. The molecule has 280 valence electrons. The fourth-order valence-corrected chi connectivity index (χ4v) is 9.31. The Balaban J connectivity index is 1.35. The number of amides is 3. The molecule has 3 fully saturated rings. The number of aliphatic hydroxyl groups is 1. The number of carbonyl (C=O) groups excluding carboxylic acids is 3. The van der Waals surface area contributed by atoms with Gasteiger partial charge in [-0.2, -0.15) is 0 Å². The molecule has 0 radical (unpaired) electrons. The standard InChI is InChI=1S/C45H49N3O6/c1-6-24-46(34-20-22-37(23-21-34)53-8-3)41(50)38-39-42(51)48(36(29-49)26-31-14-10-9-11-15-31)40(45(39)28-30(4)44(38,5)54-45)43(52)47(25-7-2)35-19-18-32-16-12-13-17-33(32)27-35/h6-7,9-23,27,30,36,38-40,49H,1-2,8,24-26,28-29H2,3-5H3/t30?,36-,38+,39+,40?,44-,45?/m1/s1. The summed E-state index contributed by atoms with van der Waals surface area (Å²) in [7, 11) is 0. The minimum Gasteiger partial charge on any atom is -0.494 e. The van der Waals surface area contributed by atoms with E-state index < -0.39 is 35.1 Å². The van der Waals surface area contributed by atoms with Crippen LogP contribution >= 0.6 is 0 Å². The minimum absolute atomic E-state index is 0.174. The van der Waals surface area contributed by atoms with Gasteiger partial charge in [0, 0.05) is 24.5 Å². The monoisotopic (exact) mass is 727 g/mol. The number of carbonyl (C=O) groups is 3. The number of rotatable bonds is 14. The molecule has 3 aliphatic rings. The molecule has 0 aliphatic carbocycles. The summed E-state index contributed by atoms with van der Waals surface area (Å²) in [5.74, 6) is -2.35. The molecule has 2 bridgehead atoms. The third kappa shape index (κ3) is 6.09. The fourth-order valence-electron chi connectivity index (χ4n) is 9.31. The molecule has 7 rings (SSSR count). The first-order valence-electron chi connectivity index (χ1n) is 18.8. The Kier molecular flexibility index (Phi) is 10.2. The first kappa shape index (κ1) is 37.1. The third-order valence-corrected chi connectivity index (χ3v) is 11.8. The molecular weight excluding hydrogens is 679 g/mol. The van der Waals surface area contributed by atoms with Gasteiger partial charge >= 0.3 is 0 Å². The van der Waals surface area contributed by atoms with E-state index in [-0.39, 0.29) is 43.3 Å². The lowest BCUT2D eigenvalue weighted by Gasteiger charge is -2.39. The highest BCUT2D eigenvalue weighted by atomic mass is 16.5. The number of hydrogen-bond donors (Lipinski definition) is 1. The van der Waals surface area contributed by atoms with Gasteiger partial charge in [0.1, 0.15) is 17.4 Å². The molecule has 1 N–H and O–H groups in total. The number of likely N-dealkylation sites (tertiary alicyclic amines) is 1. The van der Waals surface area contributed by atoms with Gasteiger partial charge in [-0.3, -0.25) is 14.4 Å². The van der Waals surface area contributed by atoms with Crippen LogP contribution in [0.5, 0.6) is 5.75 Å². The van der Waals surface area contributed by atoms with Gasteiger partial charge in [-0.25, -0.2) is 0 Å². The average molecular weight is 728 g/mol. The highest BCUT2D eigenvalue weighted by Gasteiger charge is 2.80. The maximum Gasteiger partial charge on any atom is 0.253 e. The predicted octanol–water partition coefficient (Wildman–Crippen LogP) is 6.59. The Morgan fingerprint density at radius 1 is 0.926 bits per heavy atom. The van der Waals surface area contributed by atoms with Crippen LogP contribution in [0, 0.1) is 17.8 Å². The Labute approximate surface area is 317 Å². The van der Waals surface area contributed by atoms with Crippen molar-refractivity contribution in [3.05, 3.63) is 128 Å².